The smallest absolute Gasteiger partial charge is 0.172 e. The van der Waals surface area contributed by atoms with Crippen molar-refractivity contribution in [3.8, 4) is 11.5 Å². The van der Waals surface area contributed by atoms with Gasteiger partial charge < -0.3 is 4.74 Å². The highest BCUT2D eigenvalue weighted by atomic mass is 35.5. The second kappa shape index (κ2) is 6.89. The molecule has 0 aromatic carbocycles. The van der Waals surface area contributed by atoms with Crippen molar-refractivity contribution in [3.63, 3.8) is 0 Å². The van der Waals surface area contributed by atoms with E-state index >= 15 is 0 Å². The Bertz CT molecular complexity index is 1080. The average molecular weight is 366 g/mol. The van der Waals surface area contributed by atoms with E-state index in [0.717, 1.165) is 0 Å². The number of Topliss-reactive ketones (excluding diaryl/α,β-unsaturated/α-hetero) is 1. The van der Waals surface area contributed by atoms with E-state index in [1.165, 1.54) is 23.2 Å². The molecule has 0 unspecified atom stereocenters. The zero-order valence-electron chi connectivity index (χ0n) is 13.4. The first-order valence-corrected chi connectivity index (χ1v) is 8.12. The Hall–Kier alpha value is -3.32. The van der Waals surface area contributed by atoms with Crippen molar-refractivity contribution >= 4 is 23.0 Å². The summed E-state index contributed by atoms with van der Waals surface area (Å²) >= 11 is 5.93. The molecule has 0 fully saturated rings. The molecular formula is C18H12ClN5O2. The molecule has 4 heterocycles. The molecule has 26 heavy (non-hydrogen) atoms. The predicted octanol–water partition coefficient (Wildman–Crippen LogP) is 3.39. The van der Waals surface area contributed by atoms with Gasteiger partial charge in [-0.1, -0.05) is 17.7 Å². The molecule has 0 radical (unpaired) electrons. The summed E-state index contributed by atoms with van der Waals surface area (Å²) in [6.45, 7) is 0. The van der Waals surface area contributed by atoms with E-state index in [9.17, 15) is 4.79 Å². The number of ketones is 1. The highest BCUT2D eigenvalue weighted by molar-refractivity contribution is 6.30. The molecule has 0 spiro atoms. The van der Waals surface area contributed by atoms with Crippen molar-refractivity contribution in [2.75, 3.05) is 0 Å². The summed E-state index contributed by atoms with van der Waals surface area (Å²) in [5, 5.41) is 4.56. The molecule has 4 aromatic rings. The first-order chi connectivity index (χ1) is 12.7. The van der Waals surface area contributed by atoms with Crippen LogP contribution in [0.15, 0.2) is 61.4 Å². The van der Waals surface area contributed by atoms with Crippen LogP contribution in [0.3, 0.4) is 0 Å². The minimum Gasteiger partial charge on any atom is -0.454 e. The minimum absolute atomic E-state index is 0.128. The van der Waals surface area contributed by atoms with Crippen LogP contribution in [0.4, 0.5) is 0 Å². The SMILES string of the molecule is O=C(Cc1ccccn1)c1cc(Oc2cncc(Cl)c2)cn2ncnc12. The fraction of sp³-hybridized carbons (Fsp3) is 0.0556. The zero-order chi connectivity index (χ0) is 17.9. The summed E-state index contributed by atoms with van der Waals surface area (Å²) in [6, 6.07) is 8.72. The molecular weight excluding hydrogens is 354 g/mol. The van der Waals surface area contributed by atoms with E-state index in [2.05, 4.69) is 20.1 Å². The predicted molar refractivity (Wildman–Crippen MR) is 94.6 cm³/mol. The van der Waals surface area contributed by atoms with E-state index in [1.54, 1.807) is 36.7 Å². The Labute approximate surface area is 153 Å². The Morgan fingerprint density at radius 3 is 2.88 bits per heavy atom. The number of hydrogen-bond acceptors (Lipinski definition) is 6. The standard InChI is InChI=1S/C18H12ClN5O2/c19-12-5-14(9-20-8-12)26-15-7-16(18-22-11-23-24(18)10-15)17(25)6-13-3-1-2-4-21-13/h1-5,7-11H,6H2. The summed E-state index contributed by atoms with van der Waals surface area (Å²) in [4.78, 5) is 25.1. The van der Waals surface area contributed by atoms with Gasteiger partial charge in [0.15, 0.2) is 11.4 Å². The third kappa shape index (κ3) is 3.38. The van der Waals surface area contributed by atoms with Gasteiger partial charge in [0.2, 0.25) is 0 Å². The van der Waals surface area contributed by atoms with Crippen molar-refractivity contribution in [3.05, 3.63) is 77.7 Å². The van der Waals surface area contributed by atoms with Crippen molar-refractivity contribution in [1.82, 2.24) is 24.6 Å². The highest BCUT2D eigenvalue weighted by Crippen LogP contribution is 2.25. The molecule has 128 valence electrons. The van der Waals surface area contributed by atoms with Gasteiger partial charge in [-0.15, -0.1) is 0 Å². The number of rotatable bonds is 5. The average Bonchev–Trinajstić information content (AvgIpc) is 3.10. The summed E-state index contributed by atoms with van der Waals surface area (Å²) in [7, 11) is 0. The maximum atomic E-state index is 12.8. The van der Waals surface area contributed by atoms with Crippen LogP contribution in [0.5, 0.6) is 11.5 Å². The van der Waals surface area contributed by atoms with Gasteiger partial charge in [0.1, 0.15) is 17.8 Å². The summed E-state index contributed by atoms with van der Waals surface area (Å²) in [5.41, 5.74) is 1.55. The van der Waals surface area contributed by atoms with Crippen LogP contribution >= 0.6 is 11.6 Å². The van der Waals surface area contributed by atoms with E-state index < -0.39 is 0 Å². The Morgan fingerprint density at radius 1 is 1.15 bits per heavy atom. The highest BCUT2D eigenvalue weighted by Gasteiger charge is 2.16. The summed E-state index contributed by atoms with van der Waals surface area (Å²) in [6.07, 6.45) is 7.88. The van der Waals surface area contributed by atoms with E-state index in [4.69, 9.17) is 16.3 Å². The summed E-state index contributed by atoms with van der Waals surface area (Å²) < 4.78 is 7.27. The van der Waals surface area contributed by atoms with E-state index in [-0.39, 0.29) is 12.2 Å². The Morgan fingerprint density at radius 2 is 2.08 bits per heavy atom. The van der Waals surface area contributed by atoms with Crippen LogP contribution in [0.25, 0.3) is 5.65 Å². The molecule has 0 saturated carbocycles. The second-order valence-electron chi connectivity index (χ2n) is 5.48. The topological polar surface area (TPSA) is 82.3 Å². The number of aromatic nitrogens is 5. The third-order valence-electron chi connectivity index (χ3n) is 3.63. The maximum Gasteiger partial charge on any atom is 0.172 e. The molecule has 0 aliphatic heterocycles. The minimum atomic E-state index is -0.128. The largest absolute Gasteiger partial charge is 0.454 e. The van der Waals surface area contributed by atoms with Crippen LogP contribution in [0, 0.1) is 0 Å². The second-order valence-corrected chi connectivity index (χ2v) is 5.92. The number of carbonyl (C=O) groups excluding carboxylic acids is 1. The molecule has 0 aliphatic carbocycles. The van der Waals surface area contributed by atoms with Gasteiger partial charge in [-0.25, -0.2) is 9.50 Å². The van der Waals surface area contributed by atoms with Crippen molar-refractivity contribution < 1.29 is 9.53 Å². The number of nitrogens with zero attached hydrogens (tertiary/aromatic N) is 5. The lowest BCUT2D eigenvalue weighted by atomic mass is 10.1. The first kappa shape index (κ1) is 16.2. The van der Waals surface area contributed by atoms with Gasteiger partial charge in [0, 0.05) is 24.2 Å². The van der Waals surface area contributed by atoms with Crippen LogP contribution in [0.1, 0.15) is 16.1 Å². The van der Waals surface area contributed by atoms with E-state index in [0.29, 0.717) is 33.4 Å². The molecule has 0 N–H and O–H groups in total. The Kier molecular flexibility index (Phi) is 4.28. The molecule has 0 amide bonds. The third-order valence-corrected chi connectivity index (χ3v) is 3.84. The number of carbonyl (C=O) groups is 1. The van der Waals surface area contributed by atoms with E-state index in [1.807, 2.05) is 6.07 Å². The number of hydrogen-bond donors (Lipinski definition) is 0. The number of fused-ring (bicyclic) bond motifs is 1. The van der Waals surface area contributed by atoms with Gasteiger partial charge >= 0.3 is 0 Å². The fourth-order valence-corrected chi connectivity index (χ4v) is 2.67. The molecule has 0 aliphatic rings. The molecule has 4 aromatic heterocycles. The van der Waals surface area contributed by atoms with Gasteiger partial charge in [0.25, 0.3) is 0 Å². The number of pyridine rings is 3. The monoisotopic (exact) mass is 365 g/mol. The van der Waals surface area contributed by atoms with Crippen molar-refractivity contribution in [2.24, 2.45) is 0 Å². The lowest BCUT2D eigenvalue weighted by Gasteiger charge is -2.09. The first-order valence-electron chi connectivity index (χ1n) is 7.74. The van der Waals surface area contributed by atoms with Crippen LogP contribution < -0.4 is 4.74 Å². The van der Waals surface area contributed by atoms with Crippen molar-refractivity contribution in [2.45, 2.75) is 6.42 Å². The Balaban J connectivity index is 1.69. The normalized spacial score (nSPS) is 10.8. The maximum absolute atomic E-state index is 12.8. The molecule has 7 nitrogen and oxygen atoms in total. The van der Waals surface area contributed by atoms with Crippen molar-refractivity contribution in [1.29, 1.82) is 0 Å². The van der Waals surface area contributed by atoms with Crippen LogP contribution in [-0.4, -0.2) is 30.3 Å². The number of halogens is 1. The summed E-state index contributed by atoms with van der Waals surface area (Å²) in [5.74, 6) is 0.757. The van der Waals surface area contributed by atoms with Crippen LogP contribution in [-0.2, 0) is 6.42 Å². The van der Waals surface area contributed by atoms with Gasteiger partial charge in [-0.05, 0) is 18.2 Å². The molecule has 0 saturated heterocycles. The van der Waals surface area contributed by atoms with Crippen LogP contribution in [0.2, 0.25) is 5.02 Å². The van der Waals surface area contributed by atoms with Gasteiger partial charge in [-0.3, -0.25) is 14.8 Å². The lowest BCUT2D eigenvalue weighted by Crippen LogP contribution is -2.08. The molecule has 0 atom stereocenters. The number of ether oxygens (including phenoxy) is 1. The van der Waals surface area contributed by atoms with Gasteiger partial charge in [0.05, 0.1) is 29.4 Å². The zero-order valence-corrected chi connectivity index (χ0v) is 14.2. The molecule has 4 rings (SSSR count). The fourth-order valence-electron chi connectivity index (χ4n) is 2.51. The molecule has 0 bridgehead atoms. The van der Waals surface area contributed by atoms with Gasteiger partial charge in [-0.2, -0.15) is 5.10 Å². The quantitative estimate of drug-likeness (QED) is 0.504. The lowest BCUT2D eigenvalue weighted by molar-refractivity contribution is 0.0992. The molecule has 8 heteroatoms.